The number of hydrogen-bond donors (Lipinski definition) is 1. The van der Waals surface area contributed by atoms with E-state index in [1.54, 1.807) is 41.5 Å². The molecule has 1 atom stereocenters. The normalized spacial score (nSPS) is 18.7. The molecule has 0 aromatic heterocycles. The van der Waals surface area contributed by atoms with E-state index in [1.807, 2.05) is 0 Å². The van der Waals surface area contributed by atoms with E-state index in [-0.39, 0.29) is 13.1 Å². The fourth-order valence-corrected chi connectivity index (χ4v) is 2.99. The van der Waals surface area contributed by atoms with Crippen LogP contribution in [0.4, 0.5) is 9.59 Å². The molecule has 1 saturated heterocycles. The number of rotatable bonds is 3. The Hall–Kier alpha value is -1.81. The molecule has 0 aromatic rings. The molecule has 2 amide bonds. The Balaban J connectivity index is 3.03. The number of likely N-dealkylation sites (tertiary alicyclic amines) is 1. The van der Waals surface area contributed by atoms with E-state index in [4.69, 9.17) is 14.6 Å². The summed E-state index contributed by atoms with van der Waals surface area (Å²) in [6, 6.07) is -0.636. The first kappa shape index (κ1) is 22.2. The fraction of sp³-hybridized carbons (Fsp3) is 0.750. The Kier molecular flexibility index (Phi) is 6.36. The zero-order chi connectivity index (χ0) is 20.5. The summed E-state index contributed by atoms with van der Waals surface area (Å²) in [6.07, 6.45) is -1.38. The first-order valence-electron chi connectivity index (χ1n) is 8.19. The summed E-state index contributed by atoms with van der Waals surface area (Å²) in [4.78, 5) is 26.0. The van der Waals surface area contributed by atoms with Crippen molar-refractivity contribution in [3.05, 3.63) is 12.2 Å². The van der Waals surface area contributed by atoms with Crippen molar-refractivity contribution in [1.29, 1.82) is 0 Å². The average molecular weight is 391 g/mol. The van der Waals surface area contributed by atoms with Crippen molar-refractivity contribution in [2.45, 2.75) is 65.2 Å². The second-order valence-corrected chi connectivity index (χ2v) is 9.74. The van der Waals surface area contributed by atoms with Crippen molar-refractivity contribution < 1.29 is 27.5 Å². The van der Waals surface area contributed by atoms with Gasteiger partial charge in [0.15, 0.2) is 0 Å². The summed E-state index contributed by atoms with van der Waals surface area (Å²) >= 11 is 0. The van der Waals surface area contributed by atoms with Crippen LogP contribution in [0.3, 0.4) is 0 Å². The molecule has 0 saturated carbocycles. The number of nitrogens with two attached hydrogens (primary N) is 1. The van der Waals surface area contributed by atoms with Gasteiger partial charge in [-0.05, 0) is 48.0 Å². The molecule has 26 heavy (non-hydrogen) atoms. The van der Waals surface area contributed by atoms with Crippen LogP contribution in [-0.4, -0.2) is 60.1 Å². The van der Waals surface area contributed by atoms with E-state index in [2.05, 4.69) is 6.58 Å². The molecule has 0 aromatic carbocycles. The molecule has 0 bridgehead atoms. The standard InChI is InChI=1S/C16H29N3O6S/c1-11-8-12(18(9-11)13(20)24-15(2,3)4)10-19(26(17,22)23)14(21)25-16(5,6)7/h12H,1,8-10H2,2-7H3,(H2,17,22,23)/t12-/m0/s1. The molecule has 0 aliphatic carbocycles. The topological polar surface area (TPSA) is 119 Å². The van der Waals surface area contributed by atoms with E-state index in [0.29, 0.717) is 10.7 Å². The van der Waals surface area contributed by atoms with Gasteiger partial charge >= 0.3 is 22.4 Å². The maximum Gasteiger partial charge on any atom is 0.425 e. The van der Waals surface area contributed by atoms with E-state index in [1.165, 1.54) is 4.90 Å². The first-order valence-corrected chi connectivity index (χ1v) is 9.69. The first-order chi connectivity index (χ1) is 11.5. The van der Waals surface area contributed by atoms with Gasteiger partial charge in [-0.15, -0.1) is 0 Å². The predicted octanol–water partition coefficient (Wildman–Crippen LogP) is 1.99. The molecule has 1 fully saturated rings. The van der Waals surface area contributed by atoms with Gasteiger partial charge in [-0.25, -0.2) is 14.7 Å². The molecular weight excluding hydrogens is 362 g/mol. The molecule has 9 nitrogen and oxygen atoms in total. The molecule has 0 radical (unpaired) electrons. The number of hydrogen-bond acceptors (Lipinski definition) is 6. The molecule has 10 heteroatoms. The number of carbonyl (C=O) groups is 2. The second kappa shape index (κ2) is 7.43. The monoisotopic (exact) mass is 391 g/mol. The summed E-state index contributed by atoms with van der Waals surface area (Å²) in [6.45, 7) is 13.7. The Bertz CT molecular complexity index is 675. The lowest BCUT2D eigenvalue weighted by molar-refractivity contribution is 0.0170. The minimum absolute atomic E-state index is 0.215. The van der Waals surface area contributed by atoms with Gasteiger partial charge in [0.1, 0.15) is 11.2 Å². The smallest absolute Gasteiger partial charge is 0.425 e. The highest BCUT2D eigenvalue weighted by molar-refractivity contribution is 7.87. The van der Waals surface area contributed by atoms with Crippen molar-refractivity contribution in [3.8, 4) is 0 Å². The third kappa shape index (κ3) is 6.83. The van der Waals surface area contributed by atoms with E-state index < -0.39 is 39.6 Å². The predicted molar refractivity (Wildman–Crippen MR) is 96.5 cm³/mol. The van der Waals surface area contributed by atoms with Gasteiger partial charge in [-0.3, -0.25) is 4.90 Å². The van der Waals surface area contributed by atoms with Crippen LogP contribution in [0, 0.1) is 0 Å². The van der Waals surface area contributed by atoms with Gasteiger partial charge in [0, 0.05) is 6.54 Å². The largest absolute Gasteiger partial charge is 0.444 e. The van der Waals surface area contributed by atoms with Crippen LogP contribution in [0.5, 0.6) is 0 Å². The van der Waals surface area contributed by atoms with Gasteiger partial charge in [0.25, 0.3) is 0 Å². The second-order valence-electron chi connectivity index (χ2n) is 8.27. The van der Waals surface area contributed by atoms with Crippen molar-refractivity contribution in [1.82, 2.24) is 9.21 Å². The van der Waals surface area contributed by atoms with Crippen LogP contribution in [0.2, 0.25) is 0 Å². The molecule has 150 valence electrons. The third-order valence-corrected chi connectivity index (χ3v) is 4.18. The van der Waals surface area contributed by atoms with Crippen molar-refractivity contribution >= 4 is 22.4 Å². The minimum Gasteiger partial charge on any atom is -0.444 e. The third-order valence-electron chi connectivity index (χ3n) is 3.27. The SMILES string of the molecule is C=C1C[C@@H](CN(C(=O)OC(C)(C)C)S(N)(=O)=O)N(C(=O)OC(C)(C)C)C1. The molecule has 0 unspecified atom stereocenters. The number of amides is 2. The summed E-state index contributed by atoms with van der Waals surface area (Å²) in [5.41, 5.74) is -0.889. The van der Waals surface area contributed by atoms with Gasteiger partial charge in [0.05, 0.1) is 12.6 Å². The summed E-state index contributed by atoms with van der Waals surface area (Å²) in [7, 11) is -4.38. The lowest BCUT2D eigenvalue weighted by Crippen LogP contribution is -2.51. The van der Waals surface area contributed by atoms with Crippen molar-refractivity contribution in [2.75, 3.05) is 13.1 Å². The number of nitrogens with zero attached hydrogens (tertiary/aromatic N) is 2. The van der Waals surface area contributed by atoms with Crippen molar-refractivity contribution in [2.24, 2.45) is 5.14 Å². The van der Waals surface area contributed by atoms with Gasteiger partial charge in [-0.1, -0.05) is 12.2 Å². The highest BCUT2D eigenvalue weighted by Crippen LogP contribution is 2.25. The molecular formula is C16H29N3O6S. The number of carbonyl (C=O) groups excluding carboxylic acids is 2. The van der Waals surface area contributed by atoms with E-state index in [9.17, 15) is 18.0 Å². The molecule has 0 spiro atoms. The van der Waals surface area contributed by atoms with E-state index in [0.717, 1.165) is 5.57 Å². The van der Waals surface area contributed by atoms with Crippen molar-refractivity contribution in [3.63, 3.8) is 0 Å². The Labute approximate surface area is 155 Å². The van der Waals surface area contributed by atoms with Gasteiger partial charge in [0.2, 0.25) is 0 Å². The van der Waals surface area contributed by atoms with Crippen LogP contribution in [0.15, 0.2) is 12.2 Å². The Morgan fingerprint density at radius 2 is 1.69 bits per heavy atom. The summed E-state index contributed by atoms with van der Waals surface area (Å²) < 4.78 is 34.6. The minimum atomic E-state index is -4.38. The van der Waals surface area contributed by atoms with E-state index >= 15 is 0 Å². The molecule has 1 aliphatic heterocycles. The maximum atomic E-state index is 12.4. The zero-order valence-corrected chi connectivity index (χ0v) is 17.1. The summed E-state index contributed by atoms with van der Waals surface area (Å²) in [5.74, 6) is 0. The molecule has 1 rings (SSSR count). The van der Waals surface area contributed by atoms with Crippen LogP contribution < -0.4 is 5.14 Å². The Morgan fingerprint density at radius 3 is 2.12 bits per heavy atom. The van der Waals surface area contributed by atoms with Crippen LogP contribution in [-0.2, 0) is 19.7 Å². The number of ether oxygens (including phenoxy) is 2. The fourth-order valence-electron chi connectivity index (χ4n) is 2.36. The van der Waals surface area contributed by atoms with Gasteiger partial charge in [-0.2, -0.15) is 12.7 Å². The average Bonchev–Trinajstić information content (AvgIpc) is 2.71. The molecule has 1 heterocycles. The lowest BCUT2D eigenvalue weighted by Gasteiger charge is -2.31. The quantitative estimate of drug-likeness (QED) is 0.735. The molecule has 1 aliphatic rings. The lowest BCUT2D eigenvalue weighted by atomic mass is 10.2. The highest BCUT2D eigenvalue weighted by atomic mass is 32.2. The van der Waals surface area contributed by atoms with Crippen LogP contribution in [0.1, 0.15) is 48.0 Å². The molecule has 2 N–H and O–H groups in total. The zero-order valence-electron chi connectivity index (χ0n) is 16.2. The summed E-state index contributed by atoms with van der Waals surface area (Å²) in [5, 5.41) is 5.18. The highest BCUT2D eigenvalue weighted by Gasteiger charge is 2.39. The van der Waals surface area contributed by atoms with Gasteiger partial charge < -0.3 is 9.47 Å². The van der Waals surface area contributed by atoms with Crippen LogP contribution in [0.25, 0.3) is 0 Å². The Morgan fingerprint density at radius 1 is 1.19 bits per heavy atom. The van der Waals surface area contributed by atoms with Crippen LogP contribution >= 0.6 is 0 Å². The maximum absolute atomic E-state index is 12.4.